The smallest absolute Gasteiger partial charge is 0.136 e. The van der Waals surface area contributed by atoms with Crippen molar-refractivity contribution in [2.45, 2.75) is 0 Å². The largest absolute Gasteiger partial charge is 0.456 e. The van der Waals surface area contributed by atoms with Crippen LogP contribution in [0.5, 0.6) is 0 Å². The summed E-state index contributed by atoms with van der Waals surface area (Å²) in [5.74, 6) is 0. The van der Waals surface area contributed by atoms with Crippen LogP contribution in [0.3, 0.4) is 0 Å². The molecule has 0 spiro atoms. The molecular formula is C26H14N2O. The average Bonchev–Trinajstić information content (AvgIpc) is 3.15. The molecule has 0 atom stereocenters. The fourth-order valence-corrected chi connectivity index (χ4v) is 4.67. The lowest BCUT2D eigenvalue weighted by molar-refractivity contribution is 0.669. The van der Waals surface area contributed by atoms with Crippen LogP contribution in [-0.2, 0) is 0 Å². The summed E-state index contributed by atoms with van der Waals surface area (Å²) in [5.41, 5.74) is 3.62. The second kappa shape index (κ2) is 5.30. The lowest BCUT2D eigenvalue weighted by atomic mass is 9.93. The first-order valence-corrected chi connectivity index (χ1v) is 9.68. The van der Waals surface area contributed by atoms with E-state index >= 15 is 0 Å². The molecule has 0 amide bonds. The fraction of sp³-hybridized carbons (Fsp3) is 0. The van der Waals surface area contributed by atoms with Crippen molar-refractivity contribution in [3.8, 4) is 0 Å². The molecule has 0 fully saturated rings. The van der Waals surface area contributed by atoms with Gasteiger partial charge in [-0.25, -0.2) is 0 Å². The second-order valence-electron chi connectivity index (χ2n) is 7.45. The minimum Gasteiger partial charge on any atom is -0.456 e. The Morgan fingerprint density at radius 1 is 0.517 bits per heavy atom. The summed E-state index contributed by atoms with van der Waals surface area (Å²) in [6.07, 6.45) is 3.53. The molecular weight excluding hydrogens is 356 g/mol. The summed E-state index contributed by atoms with van der Waals surface area (Å²) in [5, 5.41) is 9.33. The van der Waals surface area contributed by atoms with Gasteiger partial charge in [0.1, 0.15) is 11.2 Å². The maximum atomic E-state index is 6.16. The lowest BCUT2D eigenvalue weighted by Crippen LogP contribution is -1.89. The van der Waals surface area contributed by atoms with Crippen molar-refractivity contribution >= 4 is 65.3 Å². The predicted molar refractivity (Wildman–Crippen MR) is 119 cm³/mol. The number of nitrogens with zero attached hydrogens (tertiary/aromatic N) is 2. The number of fused-ring (bicyclic) bond motifs is 11. The first kappa shape index (κ1) is 15.0. The van der Waals surface area contributed by atoms with Gasteiger partial charge in [0.15, 0.2) is 0 Å². The van der Waals surface area contributed by atoms with Crippen LogP contribution in [0.1, 0.15) is 0 Å². The molecule has 0 N–H and O–H groups in total. The quantitative estimate of drug-likeness (QED) is 0.270. The highest BCUT2D eigenvalue weighted by atomic mass is 16.3. The molecule has 2 aromatic heterocycles. The van der Waals surface area contributed by atoms with Crippen molar-refractivity contribution in [1.82, 2.24) is 9.97 Å². The minimum atomic E-state index is 0.880. The van der Waals surface area contributed by atoms with Crippen LogP contribution in [0, 0.1) is 0 Å². The van der Waals surface area contributed by atoms with Crippen molar-refractivity contribution in [2.75, 3.05) is 0 Å². The molecule has 5 aromatic carbocycles. The highest BCUT2D eigenvalue weighted by Gasteiger charge is 2.16. The summed E-state index contributed by atoms with van der Waals surface area (Å²) < 4.78 is 6.16. The van der Waals surface area contributed by atoms with Gasteiger partial charge in [-0.2, -0.15) is 0 Å². The Balaban J connectivity index is 1.86. The van der Waals surface area contributed by atoms with E-state index in [1.807, 2.05) is 12.1 Å². The second-order valence-corrected chi connectivity index (χ2v) is 7.45. The van der Waals surface area contributed by atoms with Crippen LogP contribution in [0.2, 0.25) is 0 Å². The minimum absolute atomic E-state index is 0.880. The lowest BCUT2D eigenvalue weighted by Gasteiger charge is -2.11. The summed E-state index contributed by atoms with van der Waals surface area (Å²) in [4.78, 5) is 9.39. The summed E-state index contributed by atoms with van der Waals surface area (Å²) in [6, 6.07) is 25.5. The number of hydrogen-bond acceptors (Lipinski definition) is 3. The zero-order valence-electron chi connectivity index (χ0n) is 15.4. The van der Waals surface area contributed by atoms with Crippen molar-refractivity contribution in [1.29, 1.82) is 0 Å². The van der Waals surface area contributed by atoms with Crippen molar-refractivity contribution in [3.63, 3.8) is 0 Å². The molecule has 0 aliphatic heterocycles. The SMILES string of the molecule is c1ccc2c(c1)ccc1c3nccnc3c3cc4oc5ccccc5c4cc3c21. The normalized spacial score (nSPS) is 12.1. The van der Waals surface area contributed by atoms with Gasteiger partial charge in [-0.1, -0.05) is 54.6 Å². The van der Waals surface area contributed by atoms with E-state index in [-0.39, 0.29) is 0 Å². The fourth-order valence-electron chi connectivity index (χ4n) is 4.67. The monoisotopic (exact) mass is 370 g/mol. The number of benzene rings is 5. The van der Waals surface area contributed by atoms with E-state index in [1.165, 1.54) is 21.5 Å². The van der Waals surface area contributed by atoms with Crippen LogP contribution in [0.15, 0.2) is 89.6 Å². The number of rotatable bonds is 0. The molecule has 29 heavy (non-hydrogen) atoms. The molecule has 3 heteroatoms. The van der Waals surface area contributed by atoms with Gasteiger partial charge < -0.3 is 4.42 Å². The van der Waals surface area contributed by atoms with Gasteiger partial charge in [0.2, 0.25) is 0 Å². The van der Waals surface area contributed by atoms with E-state index in [2.05, 4.69) is 60.7 Å². The number of furan rings is 1. The molecule has 3 nitrogen and oxygen atoms in total. The highest BCUT2D eigenvalue weighted by Crippen LogP contribution is 2.40. The van der Waals surface area contributed by atoms with Crippen LogP contribution in [0.4, 0.5) is 0 Å². The predicted octanol–water partition coefficient (Wildman–Crippen LogP) is 6.99. The van der Waals surface area contributed by atoms with Gasteiger partial charge in [-0.05, 0) is 39.7 Å². The molecule has 0 saturated carbocycles. The molecule has 0 aliphatic rings. The zero-order chi connectivity index (χ0) is 18.9. The van der Waals surface area contributed by atoms with Crippen LogP contribution >= 0.6 is 0 Å². The third-order valence-electron chi connectivity index (χ3n) is 5.92. The highest BCUT2D eigenvalue weighted by molar-refractivity contribution is 6.31. The molecule has 0 saturated heterocycles. The molecule has 0 radical (unpaired) electrons. The first-order chi connectivity index (χ1) is 14.4. The number of para-hydroxylation sites is 1. The van der Waals surface area contributed by atoms with E-state index < -0.39 is 0 Å². The number of aromatic nitrogens is 2. The Morgan fingerprint density at radius 2 is 1.28 bits per heavy atom. The average molecular weight is 370 g/mol. The summed E-state index contributed by atoms with van der Waals surface area (Å²) >= 11 is 0. The van der Waals surface area contributed by atoms with Crippen LogP contribution < -0.4 is 0 Å². The van der Waals surface area contributed by atoms with Gasteiger partial charge in [-0.3, -0.25) is 9.97 Å². The molecule has 2 heterocycles. The Labute approximate surface area is 165 Å². The van der Waals surface area contributed by atoms with Gasteiger partial charge in [0.25, 0.3) is 0 Å². The molecule has 134 valence electrons. The first-order valence-electron chi connectivity index (χ1n) is 9.68. The maximum Gasteiger partial charge on any atom is 0.136 e. The topological polar surface area (TPSA) is 38.9 Å². The van der Waals surface area contributed by atoms with Crippen LogP contribution in [-0.4, -0.2) is 9.97 Å². The van der Waals surface area contributed by atoms with Crippen molar-refractivity contribution < 1.29 is 4.42 Å². The Kier molecular flexibility index (Phi) is 2.74. The summed E-state index contributed by atoms with van der Waals surface area (Å²) in [7, 11) is 0. The summed E-state index contributed by atoms with van der Waals surface area (Å²) in [6.45, 7) is 0. The number of hydrogen-bond donors (Lipinski definition) is 0. The van der Waals surface area contributed by atoms with E-state index in [0.717, 1.165) is 43.7 Å². The maximum absolute atomic E-state index is 6.16. The Morgan fingerprint density at radius 3 is 2.17 bits per heavy atom. The van der Waals surface area contributed by atoms with E-state index in [0.29, 0.717) is 0 Å². The van der Waals surface area contributed by atoms with E-state index in [9.17, 15) is 0 Å². The zero-order valence-corrected chi connectivity index (χ0v) is 15.4. The van der Waals surface area contributed by atoms with Crippen molar-refractivity contribution in [2.24, 2.45) is 0 Å². The third-order valence-corrected chi connectivity index (χ3v) is 5.92. The van der Waals surface area contributed by atoms with Crippen LogP contribution in [0.25, 0.3) is 65.3 Å². The third kappa shape index (κ3) is 1.91. The van der Waals surface area contributed by atoms with E-state index in [4.69, 9.17) is 14.4 Å². The standard InChI is InChI=1S/C26H14N2O/c1-2-6-16-15(5-1)9-10-18-24(16)20-13-19-17-7-3-4-8-22(17)29-23(19)14-21(20)26-25(18)27-11-12-28-26/h1-14H. The molecule has 0 aliphatic carbocycles. The van der Waals surface area contributed by atoms with Gasteiger partial charge in [0.05, 0.1) is 11.0 Å². The molecule has 0 bridgehead atoms. The molecule has 7 aromatic rings. The van der Waals surface area contributed by atoms with Crippen molar-refractivity contribution in [3.05, 3.63) is 85.2 Å². The van der Waals surface area contributed by atoms with Gasteiger partial charge >= 0.3 is 0 Å². The molecule has 0 unspecified atom stereocenters. The Hall–Kier alpha value is -3.98. The van der Waals surface area contributed by atoms with E-state index in [1.54, 1.807) is 12.4 Å². The Bertz CT molecular complexity index is 1760. The van der Waals surface area contributed by atoms with Gasteiger partial charge in [-0.15, -0.1) is 0 Å². The molecule has 7 rings (SSSR count). The van der Waals surface area contributed by atoms with Gasteiger partial charge in [0, 0.05) is 33.9 Å².